The number of nitrogens with zero attached hydrogens (tertiary/aromatic N) is 2. The van der Waals surface area contributed by atoms with Gasteiger partial charge in [-0.3, -0.25) is 9.69 Å². The maximum atomic E-state index is 13.7. The largest absolute Gasteiger partial charge is 0.489 e. The van der Waals surface area contributed by atoms with E-state index in [4.69, 9.17) is 4.74 Å². The van der Waals surface area contributed by atoms with Gasteiger partial charge < -0.3 is 15.0 Å². The number of hydrogen-bond acceptors (Lipinski definition) is 3. The van der Waals surface area contributed by atoms with Gasteiger partial charge in [0.15, 0.2) is 0 Å². The molecule has 0 radical (unpaired) electrons. The first-order valence-corrected chi connectivity index (χ1v) is 11.6. The molecule has 0 aromatic heterocycles. The number of carbonyl (C=O) groups is 2. The molecule has 0 aliphatic carbocycles. The average molecular weight is 466 g/mol. The summed E-state index contributed by atoms with van der Waals surface area (Å²) < 4.78 is 6.00. The van der Waals surface area contributed by atoms with Gasteiger partial charge in [0, 0.05) is 12.2 Å². The van der Waals surface area contributed by atoms with Crippen molar-refractivity contribution in [1.29, 1.82) is 0 Å². The smallest absolute Gasteiger partial charge is 0.322 e. The van der Waals surface area contributed by atoms with Crippen molar-refractivity contribution in [2.75, 3.05) is 18.0 Å². The van der Waals surface area contributed by atoms with E-state index in [0.717, 1.165) is 22.4 Å². The average Bonchev–Trinajstić information content (AvgIpc) is 3.22. The van der Waals surface area contributed by atoms with Gasteiger partial charge in [-0.25, -0.2) is 4.79 Å². The summed E-state index contributed by atoms with van der Waals surface area (Å²) in [5.74, 6) is 0.565. The highest BCUT2D eigenvalue weighted by molar-refractivity contribution is 6.11. The quantitative estimate of drug-likeness (QED) is 0.492. The fraction of sp³-hybridized carbons (Fsp3) is 0.172. The molecule has 3 amide bonds. The number of amides is 3. The predicted octanol–water partition coefficient (Wildman–Crippen LogP) is 5.13. The number of ether oxygens (including phenoxy) is 1. The Bertz CT molecular complexity index is 1300. The van der Waals surface area contributed by atoms with Crippen molar-refractivity contribution in [3.05, 3.63) is 119 Å². The summed E-state index contributed by atoms with van der Waals surface area (Å²) in [5, 5.41) is 3.03. The van der Waals surface area contributed by atoms with Crippen LogP contribution in [0.4, 0.5) is 10.5 Å². The minimum absolute atomic E-state index is 0.112. The van der Waals surface area contributed by atoms with Crippen LogP contribution in [0.1, 0.15) is 22.7 Å². The van der Waals surface area contributed by atoms with E-state index in [2.05, 4.69) is 11.9 Å². The van der Waals surface area contributed by atoms with E-state index in [1.807, 2.05) is 85.8 Å². The van der Waals surface area contributed by atoms with E-state index in [0.29, 0.717) is 36.7 Å². The first-order valence-electron chi connectivity index (χ1n) is 11.6. The molecule has 2 aliphatic rings. The minimum Gasteiger partial charge on any atom is -0.489 e. The van der Waals surface area contributed by atoms with Crippen LogP contribution >= 0.6 is 0 Å². The summed E-state index contributed by atoms with van der Waals surface area (Å²) in [7, 11) is 0. The molecule has 2 heterocycles. The number of nitrogens with one attached hydrogen (secondary N) is 1. The molecule has 3 aromatic carbocycles. The zero-order valence-corrected chi connectivity index (χ0v) is 19.6. The highest BCUT2D eigenvalue weighted by atomic mass is 16.5. The van der Waals surface area contributed by atoms with Crippen molar-refractivity contribution in [3.8, 4) is 5.75 Å². The Morgan fingerprint density at radius 3 is 2.54 bits per heavy atom. The lowest BCUT2D eigenvalue weighted by Gasteiger charge is -2.33. The molecule has 0 bridgehead atoms. The molecule has 0 spiro atoms. The number of carbonyl (C=O) groups excluding carboxylic acids is 2. The molecule has 3 aromatic rings. The van der Waals surface area contributed by atoms with E-state index in [-0.39, 0.29) is 11.9 Å². The summed E-state index contributed by atoms with van der Waals surface area (Å²) in [6, 6.07) is 24.5. The Labute approximate surface area is 205 Å². The van der Waals surface area contributed by atoms with Crippen LogP contribution in [0.25, 0.3) is 0 Å². The number of rotatable bonds is 7. The third-order valence-corrected chi connectivity index (χ3v) is 6.32. The van der Waals surface area contributed by atoms with Crippen LogP contribution in [0.3, 0.4) is 0 Å². The van der Waals surface area contributed by atoms with Crippen LogP contribution in [0.2, 0.25) is 0 Å². The molecule has 176 valence electrons. The number of anilines is 1. The molecule has 0 fully saturated rings. The van der Waals surface area contributed by atoms with Crippen LogP contribution in [0, 0.1) is 6.92 Å². The SMILES string of the molecule is C=CCN1C(=O)NC(c2cccc(OCc3ccccc3)c2)C2=C1CN(c1ccc(C)cc1)C2=O. The van der Waals surface area contributed by atoms with Crippen LogP contribution in [0.5, 0.6) is 5.75 Å². The monoisotopic (exact) mass is 465 g/mol. The molecule has 1 atom stereocenters. The molecule has 6 heteroatoms. The molecule has 2 aliphatic heterocycles. The van der Waals surface area contributed by atoms with Crippen molar-refractivity contribution < 1.29 is 14.3 Å². The standard InChI is InChI=1S/C29H27N3O3/c1-3-16-31-25-18-32(23-14-12-20(2)13-15-23)28(33)26(25)27(30-29(31)34)22-10-7-11-24(17-22)35-19-21-8-5-4-6-9-21/h3-15,17,27H,1,16,18-19H2,2H3,(H,30,34). The van der Waals surface area contributed by atoms with E-state index < -0.39 is 6.04 Å². The highest BCUT2D eigenvalue weighted by Gasteiger charge is 2.44. The molecule has 0 saturated heterocycles. The molecule has 5 rings (SSSR count). The summed E-state index contributed by atoms with van der Waals surface area (Å²) in [5.41, 5.74) is 5.07. The predicted molar refractivity (Wildman–Crippen MR) is 136 cm³/mol. The molecular formula is C29H27N3O3. The second kappa shape index (κ2) is 9.50. The number of aryl methyl sites for hydroxylation is 1. The summed E-state index contributed by atoms with van der Waals surface area (Å²) in [6.07, 6.45) is 1.67. The van der Waals surface area contributed by atoms with Gasteiger partial charge in [0.25, 0.3) is 5.91 Å². The topological polar surface area (TPSA) is 61.9 Å². The number of urea groups is 1. The highest BCUT2D eigenvalue weighted by Crippen LogP contribution is 2.38. The van der Waals surface area contributed by atoms with Crippen LogP contribution in [-0.4, -0.2) is 29.9 Å². The fourth-order valence-corrected chi connectivity index (χ4v) is 4.52. The minimum atomic E-state index is -0.568. The second-order valence-corrected chi connectivity index (χ2v) is 8.72. The first-order chi connectivity index (χ1) is 17.0. The number of benzene rings is 3. The van der Waals surface area contributed by atoms with E-state index >= 15 is 0 Å². The van der Waals surface area contributed by atoms with Crippen molar-refractivity contribution in [2.24, 2.45) is 0 Å². The van der Waals surface area contributed by atoms with E-state index in [1.54, 1.807) is 15.9 Å². The number of hydrogen-bond donors (Lipinski definition) is 1. The zero-order chi connectivity index (χ0) is 24.4. The normalized spacial score (nSPS) is 17.3. The van der Waals surface area contributed by atoms with Gasteiger partial charge in [-0.15, -0.1) is 6.58 Å². The van der Waals surface area contributed by atoms with Crippen LogP contribution in [-0.2, 0) is 11.4 Å². The fourth-order valence-electron chi connectivity index (χ4n) is 4.52. The van der Waals surface area contributed by atoms with Crippen molar-refractivity contribution in [2.45, 2.75) is 19.6 Å². The van der Waals surface area contributed by atoms with Gasteiger partial charge >= 0.3 is 6.03 Å². The van der Waals surface area contributed by atoms with Gasteiger partial charge in [-0.1, -0.05) is 66.2 Å². The lowest BCUT2D eigenvalue weighted by Crippen LogP contribution is -2.47. The van der Waals surface area contributed by atoms with Crippen molar-refractivity contribution >= 4 is 17.6 Å². The molecule has 1 unspecified atom stereocenters. The molecule has 0 saturated carbocycles. The Morgan fingerprint density at radius 2 is 1.80 bits per heavy atom. The Hall–Kier alpha value is -4.32. The molecule has 6 nitrogen and oxygen atoms in total. The summed E-state index contributed by atoms with van der Waals surface area (Å²) >= 11 is 0. The Balaban J connectivity index is 1.47. The maximum absolute atomic E-state index is 13.7. The van der Waals surface area contributed by atoms with Gasteiger partial charge in [0.05, 0.1) is 23.9 Å². The zero-order valence-electron chi connectivity index (χ0n) is 19.6. The van der Waals surface area contributed by atoms with Gasteiger partial charge in [0.2, 0.25) is 0 Å². The van der Waals surface area contributed by atoms with E-state index in [1.165, 1.54) is 0 Å². The molecule has 35 heavy (non-hydrogen) atoms. The molecular weight excluding hydrogens is 438 g/mol. The van der Waals surface area contributed by atoms with Crippen molar-refractivity contribution in [1.82, 2.24) is 10.2 Å². The van der Waals surface area contributed by atoms with Gasteiger partial charge in [-0.05, 0) is 42.3 Å². The third kappa shape index (κ3) is 4.43. The van der Waals surface area contributed by atoms with Gasteiger partial charge in [-0.2, -0.15) is 0 Å². The maximum Gasteiger partial charge on any atom is 0.322 e. The Morgan fingerprint density at radius 1 is 1.03 bits per heavy atom. The van der Waals surface area contributed by atoms with Gasteiger partial charge in [0.1, 0.15) is 12.4 Å². The third-order valence-electron chi connectivity index (χ3n) is 6.32. The lowest BCUT2D eigenvalue weighted by molar-refractivity contribution is -0.114. The summed E-state index contributed by atoms with van der Waals surface area (Å²) in [4.78, 5) is 30.1. The molecule has 1 N–H and O–H groups in total. The first kappa shape index (κ1) is 22.5. The lowest BCUT2D eigenvalue weighted by atomic mass is 9.95. The Kier molecular flexibility index (Phi) is 6.10. The van der Waals surface area contributed by atoms with E-state index in [9.17, 15) is 9.59 Å². The van der Waals surface area contributed by atoms with Crippen LogP contribution in [0.15, 0.2) is 103 Å². The summed E-state index contributed by atoms with van der Waals surface area (Å²) in [6.45, 7) is 6.89. The van der Waals surface area contributed by atoms with Crippen LogP contribution < -0.4 is 15.0 Å². The second-order valence-electron chi connectivity index (χ2n) is 8.72. The van der Waals surface area contributed by atoms with Crippen molar-refractivity contribution in [3.63, 3.8) is 0 Å².